The van der Waals surface area contributed by atoms with E-state index in [1.807, 2.05) is 0 Å². The van der Waals surface area contributed by atoms with Crippen LogP contribution in [0, 0.1) is 0 Å². The summed E-state index contributed by atoms with van der Waals surface area (Å²) in [5.41, 5.74) is 4.97. The van der Waals surface area contributed by atoms with Gasteiger partial charge in [-0.05, 0) is 12.8 Å². The number of unbranched alkanes of at least 4 members (excludes halogenated alkanes) is 1. The van der Waals surface area contributed by atoms with Crippen LogP contribution in [0.4, 0.5) is 5.95 Å². The lowest BCUT2D eigenvalue weighted by Gasteiger charge is -2.42. The van der Waals surface area contributed by atoms with Gasteiger partial charge in [-0.25, -0.2) is 9.55 Å². The number of nitrogens with two attached hydrogens (primary N) is 1. The van der Waals surface area contributed by atoms with E-state index in [0.717, 1.165) is 0 Å². The zero-order valence-corrected chi connectivity index (χ0v) is 29.5. The quantitative estimate of drug-likeness (QED) is 0.0325. The van der Waals surface area contributed by atoms with Crippen molar-refractivity contribution in [3.63, 3.8) is 0 Å². The van der Waals surface area contributed by atoms with Gasteiger partial charge in [0.05, 0.1) is 39.4 Å². The number of nitrogens with one attached hydrogen (secondary N) is 3. The van der Waals surface area contributed by atoms with Crippen molar-refractivity contribution in [1.82, 2.24) is 30.2 Å². The van der Waals surface area contributed by atoms with Gasteiger partial charge in [0.1, 0.15) is 49.5 Å². The number of hydrogen-bond donors (Lipinski definition) is 10. The van der Waals surface area contributed by atoms with Crippen LogP contribution < -0.4 is 21.9 Å². The van der Waals surface area contributed by atoms with Crippen molar-refractivity contribution >= 4 is 36.7 Å². The van der Waals surface area contributed by atoms with E-state index in [1.54, 1.807) is 0 Å². The Bertz CT molecular complexity index is 1590. The number of anilines is 1. The number of aliphatic hydroxyl groups is 4. The maximum atomic E-state index is 12.2. The molecule has 4 heterocycles. The molecule has 0 spiro atoms. The van der Waals surface area contributed by atoms with Gasteiger partial charge in [-0.1, -0.05) is 0 Å². The summed E-state index contributed by atoms with van der Waals surface area (Å²) >= 11 is 0. The van der Waals surface area contributed by atoms with Crippen LogP contribution in [-0.4, -0.2) is 163 Å². The first-order valence-corrected chi connectivity index (χ1v) is 18.0. The molecular formula is C28H46N7O17P. The number of phosphoric ester groups is 1. The number of ether oxygens (including phenoxy) is 6. The van der Waals surface area contributed by atoms with E-state index in [0.29, 0.717) is 12.8 Å². The number of carbonyl (C=O) groups is 2. The van der Waals surface area contributed by atoms with Gasteiger partial charge in [0.2, 0.25) is 17.8 Å². The maximum absolute atomic E-state index is 12.2. The number of H-pyrrole nitrogens is 1. The molecule has 2 fully saturated rings. The van der Waals surface area contributed by atoms with Gasteiger partial charge in [0.25, 0.3) is 5.56 Å². The van der Waals surface area contributed by atoms with Crippen molar-refractivity contribution in [3.05, 3.63) is 16.7 Å². The van der Waals surface area contributed by atoms with Crippen molar-refractivity contribution < 1.29 is 77.3 Å². The molecule has 25 heteroatoms. The van der Waals surface area contributed by atoms with Gasteiger partial charge in [-0.15, -0.1) is 0 Å². The molecule has 0 aliphatic carbocycles. The third-order valence-corrected chi connectivity index (χ3v) is 8.55. The molecular weight excluding hydrogens is 737 g/mol. The first kappa shape index (κ1) is 42.5. The number of rotatable bonds is 21. The molecule has 0 aromatic carbocycles. The largest absolute Gasteiger partial charge is 0.469 e. The second kappa shape index (κ2) is 19.9. The lowest BCUT2D eigenvalue weighted by atomic mass is 9.97. The highest BCUT2D eigenvalue weighted by molar-refractivity contribution is 7.46. The minimum Gasteiger partial charge on any atom is -0.394 e. The molecule has 2 amide bonds. The molecule has 2 aliphatic heterocycles. The zero-order chi connectivity index (χ0) is 38.7. The number of phosphoric acid groups is 1. The Hall–Kier alpha value is -3.20. The number of amides is 2. The van der Waals surface area contributed by atoms with Crippen LogP contribution >= 0.6 is 7.82 Å². The van der Waals surface area contributed by atoms with Crippen LogP contribution in [0.2, 0.25) is 0 Å². The molecule has 2 aliphatic rings. The third kappa shape index (κ3) is 12.1. The van der Waals surface area contributed by atoms with Crippen LogP contribution in [0.5, 0.6) is 0 Å². The van der Waals surface area contributed by atoms with Crippen LogP contribution in [-0.2, 0) is 47.1 Å². The van der Waals surface area contributed by atoms with Crippen molar-refractivity contribution in [1.29, 1.82) is 0 Å². The van der Waals surface area contributed by atoms with E-state index in [1.165, 1.54) is 17.8 Å². The second-order valence-corrected chi connectivity index (χ2v) is 13.2. The van der Waals surface area contributed by atoms with Gasteiger partial charge in [0.15, 0.2) is 23.7 Å². The van der Waals surface area contributed by atoms with Crippen LogP contribution in [0.25, 0.3) is 11.2 Å². The highest BCUT2D eigenvalue weighted by atomic mass is 31.2. The fourth-order valence-corrected chi connectivity index (χ4v) is 5.86. The Morgan fingerprint density at radius 2 is 1.79 bits per heavy atom. The number of aliphatic hydroxyl groups excluding tert-OH is 4. The molecule has 4 rings (SSSR count). The minimum absolute atomic E-state index is 0.00745. The topological polar surface area (TPSA) is 351 Å². The van der Waals surface area contributed by atoms with Gasteiger partial charge >= 0.3 is 7.82 Å². The average molecular weight is 784 g/mol. The van der Waals surface area contributed by atoms with Crippen molar-refractivity contribution in [2.24, 2.45) is 0 Å². The Kier molecular flexibility index (Phi) is 16.0. The summed E-state index contributed by atoms with van der Waals surface area (Å²) in [6.45, 7) is 0.296. The summed E-state index contributed by atoms with van der Waals surface area (Å²) < 4.78 is 50.4. The molecule has 0 radical (unpaired) electrons. The number of nitrogens with zero attached hydrogens (tertiary/aromatic N) is 3. The third-order valence-electron chi connectivity index (χ3n) is 8.06. The van der Waals surface area contributed by atoms with Gasteiger partial charge in [-0.2, -0.15) is 4.98 Å². The molecule has 2 aromatic heterocycles. The number of aromatic nitrogens is 4. The molecule has 300 valence electrons. The first-order valence-electron chi connectivity index (χ1n) is 16.5. The lowest BCUT2D eigenvalue weighted by molar-refractivity contribution is -0.270. The van der Waals surface area contributed by atoms with Crippen molar-refractivity contribution in [2.75, 3.05) is 58.7 Å². The van der Waals surface area contributed by atoms with Crippen LogP contribution in [0.1, 0.15) is 32.4 Å². The molecule has 53 heavy (non-hydrogen) atoms. The van der Waals surface area contributed by atoms with E-state index < -0.39 is 87.7 Å². The highest BCUT2D eigenvalue weighted by Crippen LogP contribution is 2.39. The molecule has 0 saturated carbocycles. The molecule has 0 bridgehead atoms. The molecule has 24 nitrogen and oxygen atoms in total. The number of imidazole rings is 1. The predicted octanol–water partition coefficient (Wildman–Crippen LogP) is -4.31. The fraction of sp³-hybridized carbons (Fsp3) is 0.750. The summed E-state index contributed by atoms with van der Waals surface area (Å²) in [5.74, 6) is -0.905. The molecule has 2 saturated heterocycles. The monoisotopic (exact) mass is 783 g/mol. The predicted molar refractivity (Wildman–Crippen MR) is 175 cm³/mol. The standard InChI is InChI=1S/C28H46N7O17P/c1-14(37)32-18-22(41)20(39)15(10-36)52-27(18)48-6-3-2-4-17(38)30-5-7-46-8-9-47-13-49-23-21(40)16(11-50-53(43,44)45)51-26(23)35-12-31-19-24(35)33-28(29)34-25(19)42/h12,15-16,18,20-23,26-27,36,39-41H,2-11,13H2,1H3,(H,30,38)(H,32,37)(H2,43,44,45)(H3,29,33,34,42)/t15-,16-,18-,20?,21-,22-,23-,26-,27-/m1/s1. The first-order chi connectivity index (χ1) is 25.2. The number of nitrogen functional groups attached to an aromatic ring is 1. The number of aromatic amines is 1. The minimum atomic E-state index is -4.89. The average Bonchev–Trinajstić information content (AvgIpc) is 3.65. The van der Waals surface area contributed by atoms with Gasteiger partial charge in [0, 0.05) is 26.5 Å². The number of hydrogen-bond acceptors (Lipinski definition) is 18. The van der Waals surface area contributed by atoms with Crippen molar-refractivity contribution in [2.45, 2.75) is 81.4 Å². The fourth-order valence-electron chi connectivity index (χ4n) is 5.52. The van der Waals surface area contributed by atoms with E-state index in [-0.39, 0.29) is 69.2 Å². The second-order valence-electron chi connectivity index (χ2n) is 12.0. The van der Waals surface area contributed by atoms with Crippen LogP contribution in [0.3, 0.4) is 0 Å². The normalized spacial score (nSPS) is 27.6. The SMILES string of the molecule is CC(=O)N[C@H]1[C@H](OCCCCC(=O)NCCOCCOCO[C@@H]2[C@H](O)[C@@H](COP(=O)(O)O)O[C@H]2n2cnc3c(=O)[nH]c(N)nc32)O[C@H](CO)C(O)[C@@H]1O. The summed E-state index contributed by atoms with van der Waals surface area (Å²) in [6.07, 6.45) is -7.84. The summed E-state index contributed by atoms with van der Waals surface area (Å²) in [4.78, 5) is 64.5. The molecule has 2 aromatic rings. The Labute approximate surface area is 301 Å². The Morgan fingerprint density at radius 3 is 2.51 bits per heavy atom. The molecule has 1 unspecified atom stereocenters. The number of carbonyl (C=O) groups excluding carboxylic acids is 2. The van der Waals surface area contributed by atoms with E-state index in [2.05, 4.69) is 30.1 Å². The van der Waals surface area contributed by atoms with E-state index in [4.69, 9.17) is 43.9 Å². The highest BCUT2D eigenvalue weighted by Gasteiger charge is 2.47. The van der Waals surface area contributed by atoms with Gasteiger partial charge in [-0.3, -0.25) is 28.5 Å². The maximum Gasteiger partial charge on any atom is 0.469 e. The van der Waals surface area contributed by atoms with Crippen molar-refractivity contribution in [3.8, 4) is 0 Å². The zero-order valence-electron chi connectivity index (χ0n) is 28.6. The smallest absolute Gasteiger partial charge is 0.394 e. The lowest BCUT2D eigenvalue weighted by Crippen LogP contribution is -2.64. The van der Waals surface area contributed by atoms with Crippen LogP contribution in [0.15, 0.2) is 11.1 Å². The molecule has 11 N–H and O–H groups in total. The van der Waals surface area contributed by atoms with E-state index >= 15 is 0 Å². The summed E-state index contributed by atoms with van der Waals surface area (Å²) in [5, 5.41) is 45.8. The summed E-state index contributed by atoms with van der Waals surface area (Å²) in [7, 11) is -4.89. The summed E-state index contributed by atoms with van der Waals surface area (Å²) in [6, 6.07) is -1.05. The molecule has 9 atom stereocenters. The van der Waals surface area contributed by atoms with E-state index in [9.17, 15) is 39.4 Å². The Morgan fingerprint density at radius 1 is 1.04 bits per heavy atom. The van der Waals surface area contributed by atoms with Gasteiger partial charge < -0.3 is 75.0 Å². The Balaban J connectivity index is 1.11. The number of fused-ring (bicyclic) bond motifs is 1.